The summed E-state index contributed by atoms with van der Waals surface area (Å²) in [5.41, 5.74) is 0. The predicted molar refractivity (Wildman–Crippen MR) is 39.6 cm³/mol. The van der Waals surface area contributed by atoms with Crippen molar-refractivity contribution in [2.24, 2.45) is 5.92 Å². The Morgan fingerprint density at radius 1 is 1.44 bits per heavy atom. The molecule has 0 saturated carbocycles. The molecule has 0 aliphatic heterocycles. The first-order valence-electron chi connectivity index (χ1n) is 3.19. The Balaban J connectivity index is 0. The van der Waals surface area contributed by atoms with E-state index in [1.54, 1.807) is 0 Å². The molecule has 9 heavy (non-hydrogen) atoms. The highest BCUT2D eigenvalue weighted by Crippen LogP contribution is 2.02. The van der Waals surface area contributed by atoms with Crippen molar-refractivity contribution >= 4 is 8.69 Å². The molecule has 0 amide bonds. The molecule has 0 radical (unpaired) electrons. The van der Waals surface area contributed by atoms with Crippen LogP contribution in [0.4, 0.5) is 0 Å². The summed E-state index contributed by atoms with van der Waals surface area (Å²) in [4.78, 5) is 6.99. The molecule has 0 heterocycles. The van der Waals surface area contributed by atoms with Crippen molar-refractivity contribution in [3.05, 3.63) is 0 Å². The van der Waals surface area contributed by atoms with Crippen LogP contribution in [-0.2, 0) is 4.57 Å². The zero-order chi connectivity index (χ0) is 7.70. The molecule has 0 atom stereocenters. The van der Waals surface area contributed by atoms with E-state index in [-0.39, 0.29) is 0 Å². The monoisotopic (exact) mass is 150 g/mol. The number of hydrogen-bond acceptors (Lipinski definition) is 1. The summed E-state index contributed by atoms with van der Waals surface area (Å²) < 4.78 is 8.46. The molecule has 0 saturated heterocycles. The minimum atomic E-state index is -0.833. The predicted octanol–water partition coefficient (Wildman–Crippen LogP) is 2.63. The van der Waals surface area contributed by atoms with Crippen molar-refractivity contribution in [1.82, 2.24) is 0 Å². The highest BCUT2D eigenvalue weighted by atomic mass is 31.1. The molecular weight excluding hydrogens is 135 g/mol. The third-order valence-corrected chi connectivity index (χ3v) is 1.39. The van der Waals surface area contributed by atoms with Gasteiger partial charge in [-0.2, -0.15) is 0 Å². The smallest absolute Gasteiger partial charge is 0.310 e. The zero-order valence-corrected chi connectivity index (χ0v) is 7.19. The Hall–Kier alpha value is 0.0600. The molecule has 1 N–H and O–H groups in total. The molecule has 0 aromatic carbocycles. The Morgan fingerprint density at radius 2 is 1.67 bits per heavy atom. The van der Waals surface area contributed by atoms with Crippen LogP contribution in [0.5, 0.6) is 0 Å². The second-order valence-corrected chi connectivity index (χ2v) is 2.17. The number of hydrogen-bond donors (Lipinski definition) is 1. The van der Waals surface area contributed by atoms with E-state index in [0.29, 0.717) is 0 Å². The quantitative estimate of drug-likeness (QED) is 0.614. The average Bonchev–Trinajstić information content (AvgIpc) is 1.88. The average molecular weight is 150 g/mol. The van der Waals surface area contributed by atoms with E-state index in [1.165, 1.54) is 12.8 Å². The van der Waals surface area contributed by atoms with Crippen LogP contribution in [0.3, 0.4) is 0 Å². The van der Waals surface area contributed by atoms with Gasteiger partial charge in [0, 0.05) is 0 Å². The van der Waals surface area contributed by atoms with Crippen LogP contribution in [0.25, 0.3) is 0 Å². The van der Waals surface area contributed by atoms with Crippen LogP contribution in [0.1, 0.15) is 33.6 Å². The van der Waals surface area contributed by atoms with E-state index >= 15 is 0 Å². The van der Waals surface area contributed by atoms with Crippen LogP contribution in [0, 0.1) is 5.92 Å². The van der Waals surface area contributed by atoms with Crippen molar-refractivity contribution < 1.29 is 9.46 Å². The van der Waals surface area contributed by atoms with Gasteiger partial charge in [-0.25, -0.2) is 4.57 Å². The third-order valence-electron chi connectivity index (χ3n) is 1.39. The summed E-state index contributed by atoms with van der Waals surface area (Å²) in [6.07, 6.45) is 2.66. The highest BCUT2D eigenvalue weighted by Gasteiger charge is 1.88. The third kappa shape index (κ3) is 18.0. The summed E-state index contributed by atoms with van der Waals surface area (Å²) in [5.74, 6) is 0.935. The first-order valence-corrected chi connectivity index (χ1v) is 3.96. The fourth-order valence-electron chi connectivity index (χ4n) is 0.289. The molecule has 0 unspecified atom stereocenters. The second-order valence-electron chi connectivity index (χ2n) is 2.00. The van der Waals surface area contributed by atoms with E-state index in [4.69, 9.17) is 9.46 Å². The lowest BCUT2D eigenvalue weighted by molar-refractivity contribution is 0.524. The standard InChI is InChI=1S/C6H14.HO2P/c1-4-6(3)5-2;1-3-2/h6H,4-5H2,1-3H3;(H,1,2). The lowest BCUT2D eigenvalue weighted by atomic mass is 10.1. The Labute approximate surface area is 58.6 Å². The van der Waals surface area contributed by atoms with E-state index in [9.17, 15) is 0 Å². The van der Waals surface area contributed by atoms with Gasteiger partial charge in [-0.1, -0.05) is 33.6 Å². The summed E-state index contributed by atoms with van der Waals surface area (Å²) in [6.45, 7) is 6.74. The molecule has 0 aromatic heterocycles. The van der Waals surface area contributed by atoms with E-state index in [1.807, 2.05) is 0 Å². The molecule has 56 valence electrons. The van der Waals surface area contributed by atoms with Gasteiger partial charge in [0.05, 0.1) is 0 Å². The van der Waals surface area contributed by atoms with Gasteiger partial charge in [-0.05, 0) is 5.92 Å². The molecule has 0 fully saturated rings. The molecule has 3 heteroatoms. The zero-order valence-electron chi connectivity index (χ0n) is 6.29. The van der Waals surface area contributed by atoms with Gasteiger partial charge >= 0.3 is 8.69 Å². The molecular formula is C6H15O2P. The molecule has 2 nitrogen and oxygen atoms in total. The molecule has 0 aromatic rings. The summed E-state index contributed by atoms with van der Waals surface area (Å²) in [5, 5.41) is 0. The molecule has 0 aliphatic rings. The molecule has 0 rings (SSSR count). The van der Waals surface area contributed by atoms with Crippen LogP contribution < -0.4 is 0 Å². The maximum absolute atomic E-state index is 8.46. The molecule has 0 bridgehead atoms. The van der Waals surface area contributed by atoms with Crippen LogP contribution in [-0.4, -0.2) is 4.89 Å². The van der Waals surface area contributed by atoms with E-state index < -0.39 is 8.69 Å². The lowest BCUT2D eigenvalue weighted by Crippen LogP contribution is -1.85. The van der Waals surface area contributed by atoms with Gasteiger partial charge < -0.3 is 4.89 Å². The minimum absolute atomic E-state index is 0.833. The summed E-state index contributed by atoms with van der Waals surface area (Å²) in [7, 11) is -0.833. The van der Waals surface area contributed by atoms with Gasteiger partial charge in [0.25, 0.3) is 0 Å². The fraction of sp³-hybridized carbons (Fsp3) is 1.00. The van der Waals surface area contributed by atoms with Crippen molar-refractivity contribution in [2.45, 2.75) is 33.6 Å². The van der Waals surface area contributed by atoms with E-state index in [2.05, 4.69) is 20.8 Å². The van der Waals surface area contributed by atoms with Gasteiger partial charge in [0.1, 0.15) is 0 Å². The number of rotatable bonds is 2. The van der Waals surface area contributed by atoms with Crippen molar-refractivity contribution in [3.8, 4) is 0 Å². The van der Waals surface area contributed by atoms with Gasteiger partial charge in [0.2, 0.25) is 0 Å². The largest absolute Gasteiger partial charge is 0.324 e. The molecule has 0 aliphatic carbocycles. The topological polar surface area (TPSA) is 37.3 Å². The van der Waals surface area contributed by atoms with Gasteiger partial charge in [0.15, 0.2) is 0 Å². The van der Waals surface area contributed by atoms with Crippen LogP contribution >= 0.6 is 8.69 Å². The normalized spacial score (nSPS) is 9.00. The summed E-state index contributed by atoms with van der Waals surface area (Å²) in [6, 6.07) is 0. The highest BCUT2D eigenvalue weighted by molar-refractivity contribution is 7.16. The first kappa shape index (κ1) is 11.8. The summed E-state index contributed by atoms with van der Waals surface area (Å²) >= 11 is 0. The maximum atomic E-state index is 8.46. The minimum Gasteiger partial charge on any atom is -0.310 e. The SMILES string of the molecule is CCC(C)CC.O=PO. The Kier molecular flexibility index (Phi) is 14.4. The van der Waals surface area contributed by atoms with Crippen LogP contribution in [0.15, 0.2) is 0 Å². The lowest BCUT2D eigenvalue weighted by Gasteiger charge is -1.98. The van der Waals surface area contributed by atoms with Gasteiger partial charge in [-0.15, -0.1) is 0 Å². The fourth-order valence-corrected chi connectivity index (χ4v) is 0.289. The van der Waals surface area contributed by atoms with Gasteiger partial charge in [-0.3, -0.25) is 0 Å². The maximum Gasteiger partial charge on any atom is 0.324 e. The Morgan fingerprint density at radius 3 is 1.67 bits per heavy atom. The van der Waals surface area contributed by atoms with Crippen LogP contribution in [0.2, 0.25) is 0 Å². The Bertz CT molecular complexity index is 53.0. The van der Waals surface area contributed by atoms with Crippen molar-refractivity contribution in [2.75, 3.05) is 0 Å². The van der Waals surface area contributed by atoms with Crippen molar-refractivity contribution in [1.29, 1.82) is 0 Å². The first-order chi connectivity index (χ1) is 4.22. The van der Waals surface area contributed by atoms with E-state index in [0.717, 1.165) is 5.92 Å². The molecule has 0 spiro atoms. The van der Waals surface area contributed by atoms with Crippen molar-refractivity contribution in [3.63, 3.8) is 0 Å². The second kappa shape index (κ2) is 10.9.